The number of benzene rings is 1. The molecule has 0 atom stereocenters. The Morgan fingerprint density at radius 2 is 1.88 bits per heavy atom. The molecule has 2 heterocycles. The van der Waals surface area contributed by atoms with Gasteiger partial charge in [-0.05, 0) is 48.8 Å². The van der Waals surface area contributed by atoms with E-state index in [4.69, 9.17) is 0 Å². The topological polar surface area (TPSA) is 59.8 Å². The number of aryl methyl sites for hydroxylation is 3. The van der Waals surface area contributed by atoms with Crippen LogP contribution in [0.2, 0.25) is 0 Å². The van der Waals surface area contributed by atoms with E-state index in [-0.39, 0.29) is 5.91 Å². The number of rotatable bonds is 3. The van der Waals surface area contributed by atoms with Crippen LogP contribution < -0.4 is 5.32 Å². The minimum Gasteiger partial charge on any atom is -0.352 e. The second-order valence-electron chi connectivity index (χ2n) is 6.81. The molecule has 5 heteroatoms. The van der Waals surface area contributed by atoms with E-state index < -0.39 is 0 Å². The fourth-order valence-electron chi connectivity index (χ4n) is 3.66. The smallest absolute Gasteiger partial charge is 0.253 e. The number of nitrogens with zero attached hydrogens (tertiary/aromatic N) is 3. The molecule has 1 aliphatic carbocycles. The molecular formula is C20H22N4O. The van der Waals surface area contributed by atoms with E-state index in [9.17, 15) is 4.79 Å². The standard InChI is InChI=1S/C20H22N4O/c1-24-13-23-18-17(10-11-21-19(18)24)20(25)22-12-14-6-8-15-4-2-3-5-16(15)9-7-14/h2-5,10-11,13-14H,6-9,12H2,1H3,(H,22,25). The van der Waals surface area contributed by atoms with E-state index in [1.54, 1.807) is 18.6 Å². The van der Waals surface area contributed by atoms with Crippen LogP contribution in [0.25, 0.3) is 11.2 Å². The number of carbonyl (C=O) groups excluding carboxylic acids is 1. The van der Waals surface area contributed by atoms with Crippen LogP contribution in [0.3, 0.4) is 0 Å². The van der Waals surface area contributed by atoms with Gasteiger partial charge in [-0.2, -0.15) is 0 Å². The van der Waals surface area contributed by atoms with E-state index in [1.807, 2.05) is 11.6 Å². The van der Waals surface area contributed by atoms with Crippen molar-refractivity contribution < 1.29 is 4.79 Å². The Kier molecular flexibility index (Phi) is 4.22. The Labute approximate surface area is 147 Å². The molecule has 128 valence electrons. The van der Waals surface area contributed by atoms with Crippen molar-refractivity contribution in [2.24, 2.45) is 13.0 Å². The van der Waals surface area contributed by atoms with Crippen molar-refractivity contribution >= 4 is 17.1 Å². The normalized spacial score (nSPS) is 14.9. The maximum atomic E-state index is 12.6. The summed E-state index contributed by atoms with van der Waals surface area (Å²) >= 11 is 0. The van der Waals surface area contributed by atoms with Gasteiger partial charge in [-0.1, -0.05) is 24.3 Å². The molecule has 1 amide bonds. The van der Waals surface area contributed by atoms with Crippen LogP contribution in [0.15, 0.2) is 42.9 Å². The summed E-state index contributed by atoms with van der Waals surface area (Å²) in [6, 6.07) is 10.4. The largest absolute Gasteiger partial charge is 0.352 e. The first-order chi connectivity index (χ1) is 12.2. The third kappa shape index (κ3) is 3.14. The maximum absolute atomic E-state index is 12.6. The summed E-state index contributed by atoms with van der Waals surface area (Å²) in [7, 11) is 1.88. The van der Waals surface area contributed by atoms with E-state index >= 15 is 0 Å². The van der Waals surface area contributed by atoms with Gasteiger partial charge in [0.05, 0.1) is 11.9 Å². The fourth-order valence-corrected chi connectivity index (χ4v) is 3.66. The van der Waals surface area contributed by atoms with Gasteiger partial charge in [0.1, 0.15) is 5.52 Å². The van der Waals surface area contributed by atoms with Crippen LogP contribution >= 0.6 is 0 Å². The zero-order chi connectivity index (χ0) is 17.2. The molecule has 1 aliphatic rings. The molecule has 0 bridgehead atoms. The molecule has 2 aromatic heterocycles. The number of hydrogen-bond donors (Lipinski definition) is 1. The highest BCUT2D eigenvalue weighted by atomic mass is 16.1. The molecule has 5 nitrogen and oxygen atoms in total. The van der Waals surface area contributed by atoms with Crippen molar-refractivity contribution in [1.82, 2.24) is 19.9 Å². The van der Waals surface area contributed by atoms with Crippen molar-refractivity contribution in [3.8, 4) is 0 Å². The zero-order valence-electron chi connectivity index (χ0n) is 14.4. The summed E-state index contributed by atoms with van der Waals surface area (Å²) < 4.78 is 1.83. The molecule has 0 fully saturated rings. The third-order valence-corrected chi connectivity index (χ3v) is 5.16. The van der Waals surface area contributed by atoms with Gasteiger partial charge in [-0.15, -0.1) is 0 Å². The maximum Gasteiger partial charge on any atom is 0.253 e. The highest BCUT2D eigenvalue weighted by Crippen LogP contribution is 2.24. The summed E-state index contributed by atoms with van der Waals surface area (Å²) in [5.41, 5.74) is 4.91. The van der Waals surface area contributed by atoms with Gasteiger partial charge < -0.3 is 9.88 Å². The number of nitrogens with one attached hydrogen (secondary N) is 1. The van der Waals surface area contributed by atoms with Crippen LogP contribution in [0.5, 0.6) is 0 Å². The minimum atomic E-state index is -0.0622. The van der Waals surface area contributed by atoms with E-state index in [0.29, 0.717) is 23.5 Å². The summed E-state index contributed by atoms with van der Waals surface area (Å²) in [5.74, 6) is 0.449. The Morgan fingerprint density at radius 3 is 2.60 bits per heavy atom. The average Bonchev–Trinajstić information content (AvgIpc) is 2.90. The molecule has 0 saturated heterocycles. The molecule has 25 heavy (non-hydrogen) atoms. The first kappa shape index (κ1) is 15.8. The Hall–Kier alpha value is -2.69. The number of imidazole rings is 1. The van der Waals surface area contributed by atoms with Gasteiger partial charge in [-0.3, -0.25) is 4.79 Å². The highest BCUT2D eigenvalue weighted by Gasteiger charge is 2.18. The lowest BCUT2D eigenvalue weighted by atomic mass is 9.99. The first-order valence-electron chi connectivity index (χ1n) is 8.83. The van der Waals surface area contributed by atoms with Crippen molar-refractivity contribution in [1.29, 1.82) is 0 Å². The number of pyridine rings is 1. The van der Waals surface area contributed by atoms with Gasteiger partial charge in [0.2, 0.25) is 0 Å². The Balaban J connectivity index is 1.42. The van der Waals surface area contributed by atoms with Crippen molar-refractivity contribution in [3.63, 3.8) is 0 Å². The Morgan fingerprint density at radius 1 is 1.16 bits per heavy atom. The zero-order valence-corrected chi connectivity index (χ0v) is 14.4. The number of amides is 1. The lowest BCUT2D eigenvalue weighted by Gasteiger charge is -2.15. The second kappa shape index (κ2) is 6.67. The molecule has 0 unspecified atom stereocenters. The van der Waals surface area contributed by atoms with E-state index in [0.717, 1.165) is 31.3 Å². The lowest BCUT2D eigenvalue weighted by molar-refractivity contribution is 0.0947. The van der Waals surface area contributed by atoms with Gasteiger partial charge in [0, 0.05) is 19.8 Å². The molecule has 1 N–H and O–H groups in total. The first-order valence-corrected chi connectivity index (χ1v) is 8.83. The summed E-state index contributed by atoms with van der Waals surface area (Å²) in [5, 5.41) is 3.11. The minimum absolute atomic E-state index is 0.0622. The molecule has 1 aromatic carbocycles. The quantitative estimate of drug-likeness (QED) is 0.749. The van der Waals surface area contributed by atoms with Crippen LogP contribution in [-0.4, -0.2) is 27.0 Å². The molecule has 4 rings (SSSR count). The molecule has 3 aromatic rings. The van der Waals surface area contributed by atoms with E-state index in [1.165, 1.54) is 11.1 Å². The van der Waals surface area contributed by atoms with Gasteiger partial charge in [-0.25, -0.2) is 9.97 Å². The van der Waals surface area contributed by atoms with Crippen molar-refractivity contribution in [2.75, 3.05) is 6.54 Å². The number of hydrogen-bond acceptors (Lipinski definition) is 3. The average molecular weight is 334 g/mol. The van der Waals surface area contributed by atoms with Crippen LogP contribution in [-0.2, 0) is 19.9 Å². The molecule has 0 spiro atoms. The van der Waals surface area contributed by atoms with Crippen LogP contribution in [0, 0.1) is 5.92 Å². The monoisotopic (exact) mass is 334 g/mol. The number of carbonyl (C=O) groups is 1. The molecule has 0 radical (unpaired) electrons. The predicted molar refractivity (Wildman–Crippen MR) is 97.4 cm³/mol. The number of aromatic nitrogens is 3. The molecular weight excluding hydrogens is 312 g/mol. The van der Waals surface area contributed by atoms with Gasteiger partial charge in [0.15, 0.2) is 5.65 Å². The predicted octanol–water partition coefficient (Wildman–Crippen LogP) is 2.89. The Bertz CT molecular complexity index is 888. The van der Waals surface area contributed by atoms with Gasteiger partial charge in [0.25, 0.3) is 5.91 Å². The lowest BCUT2D eigenvalue weighted by Crippen LogP contribution is -2.29. The fraction of sp³-hybridized carbons (Fsp3) is 0.350. The highest BCUT2D eigenvalue weighted by molar-refractivity contribution is 6.03. The summed E-state index contributed by atoms with van der Waals surface area (Å²) in [6.45, 7) is 0.712. The van der Waals surface area contributed by atoms with E-state index in [2.05, 4.69) is 39.6 Å². The van der Waals surface area contributed by atoms with Crippen molar-refractivity contribution in [3.05, 3.63) is 59.5 Å². The van der Waals surface area contributed by atoms with Crippen LogP contribution in [0.4, 0.5) is 0 Å². The SMILES string of the molecule is Cn1cnc2c(C(=O)NCC3CCc4ccccc4CC3)ccnc21. The number of fused-ring (bicyclic) bond motifs is 2. The molecule has 0 aliphatic heterocycles. The van der Waals surface area contributed by atoms with Gasteiger partial charge >= 0.3 is 0 Å². The summed E-state index contributed by atoms with van der Waals surface area (Å²) in [6.07, 6.45) is 7.78. The second-order valence-corrected chi connectivity index (χ2v) is 6.81. The summed E-state index contributed by atoms with van der Waals surface area (Å²) in [4.78, 5) is 21.2. The third-order valence-electron chi connectivity index (χ3n) is 5.16. The van der Waals surface area contributed by atoms with Crippen LogP contribution in [0.1, 0.15) is 34.3 Å². The molecule has 0 saturated carbocycles. The van der Waals surface area contributed by atoms with Crippen molar-refractivity contribution in [2.45, 2.75) is 25.7 Å².